The fraction of sp³-hybridized carbons (Fsp3) is 0.919. The Balaban J connectivity index is 3.38. The van der Waals surface area contributed by atoms with E-state index in [1.54, 1.807) is 6.08 Å². The third-order valence-corrected chi connectivity index (χ3v) is 17.2. The van der Waals surface area contributed by atoms with Crippen molar-refractivity contribution in [3.8, 4) is 0 Å². The predicted molar refractivity (Wildman–Crippen MR) is 352 cm³/mol. The highest BCUT2D eigenvalue weighted by molar-refractivity contribution is 5.76. The van der Waals surface area contributed by atoms with Crippen molar-refractivity contribution in [3.05, 3.63) is 24.3 Å². The number of aliphatic hydroxyl groups excluding tert-OH is 2. The lowest BCUT2D eigenvalue weighted by Gasteiger charge is -2.20. The molecule has 0 heterocycles. The SMILES string of the molecule is CCCCCCC/C=C\CCCCCCCC(=O)OCCCCCCCCCCCCCCCCCCCCCCCCCCCCC(=O)NC(CO)C(O)/C=C/CCCCCCCCCCCCCCCCCCCCCCC. The summed E-state index contributed by atoms with van der Waals surface area (Å²) in [7, 11) is 0. The number of unbranched alkanes of at least 4 members (excludes halogenated alkanes) is 56. The lowest BCUT2D eigenvalue weighted by Crippen LogP contribution is -2.45. The molecule has 0 radical (unpaired) electrons. The molecule has 0 rings (SSSR count). The highest BCUT2D eigenvalue weighted by atomic mass is 16.5. The van der Waals surface area contributed by atoms with E-state index in [2.05, 4.69) is 31.3 Å². The van der Waals surface area contributed by atoms with E-state index in [-0.39, 0.29) is 18.5 Å². The Labute approximate surface area is 501 Å². The summed E-state index contributed by atoms with van der Waals surface area (Å²) in [4.78, 5) is 24.6. The first kappa shape index (κ1) is 78.3. The molecule has 2 unspecified atom stereocenters. The average molecular weight is 1130 g/mol. The lowest BCUT2D eigenvalue weighted by molar-refractivity contribution is -0.143. The van der Waals surface area contributed by atoms with E-state index in [4.69, 9.17) is 4.74 Å². The van der Waals surface area contributed by atoms with Crippen molar-refractivity contribution >= 4 is 11.9 Å². The second-order valence-electron chi connectivity index (χ2n) is 25.3. The van der Waals surface area contributed by atoms with Crippen molar-refractivity contribution in [2.45, 2.75) is 424 Å². The van der Waals surface area contributed by atoms with Gasteiger partial charge in [-0.3, -0.25) is 9.59 Å². The molecular formula is C74H143NO5. The van der Waals surface area contributed by atoms with Crippen molar-refractivity contribution in [1.29, 1.82) is 0 Å². The number of nitrogens with one attached hydrogen (secondary N) is 1. The van der Waals surface area contributed by atoms with Crippen LogP contribution >= 0.6 is 0 Å². The molecule has 1 amide bonds. The second kappa shape index (κ2) is 69.8. The van der Waals surface area contributed by atoms with Crippen molar-refractivity contribution < 1.29 is 24.5 Å². The summed E-state index contributed by atoms with van der Waals surface area (Å²) in [5, 5.41) is 23.3. The van der Waals surface area contributed by atoms with Crippen LogP contribution in [0, 0.1) is 0 Å². The van der Waals surface area contributed by atoms with Gasteiger partial charge in [0, 0.05) is 12.8 Å². The maximum absolute atomic E-state index is 12.5. The van der Waals surface area contributed by atoms with Crippen LogP contribution in [0.15, 0.2) is 24.3 Å². The Morgan fingerprint density at radius 3 is 0.887 bits per heavy atom. The van der Waals surface area contributed by atoms with Gasteiger partial charge in [-0.1, -0.05) is 366 Å². The molecule has 474 valence electrons. The maximum Gasteiger partial charge on any atom is 0.305 e. The number of allylic oxidation sites excluding steroid dienone is 3. The van der Waals surface area contributed by atoms with Gasteiger partial charge in [0.05, 0.1) is 25.4 Å². The van der Waals surface area contributed by atoms with Gasteiger partial charge in [-0.05, 0) is 57.8 Å². The van der Waals surface area contributed by atoms with Gasteiger partial charge < -0.3 is 20.3 Å². The quantitative estimate of drug-likeness (QED) is 0.0320. The van der Waals surface area contributed by atoms with E-state index in [0.29, 0.717) is 19.4 Å². The number of esters is 1. The van der Waals surface area contributed by atoms with Crippen LogP contribution in [-0.4, -0.2) is 47.4 Å². The average Bonchev–Trinajstić information content (AvgIpc) is 3.46. The first-order valence-corrected chi connectivity index (χ1v) is 36.6. The standard InChI is InChI=1S/C74H143NO5/c1-3-5-7-9-11-13-15-17-19-20-21-22-27-30-33-36-39-42-46-50-54-58-62-66-72(77)71(70-76)75-73(78)67-63-59-55-51-47-43-40-37-34-31-28-25-23-24-26-29-32-35-38-41-45-49-53-57-61-65-69-80-74(79)68-64-60-56-52-48-44-18-16-14-12-10-8-6-4-2/h16,18,62,66,71-72,76-77H,3-15,17,19-61,63-65,67-70H2,1-2H3,(H,75,78)/b18-16-,66-62+. The Hall–Kier alpha value is -1.66. The van der Waals surface area contributed by atoms with Crippen LogP contribution in [0.3, 0.4) is 0 Å². The molecule has 0 aliphatic heterocycles. The van der Waals surface area contributed by atoms with E-state index >= 15 is 0 Å². The normalized spacial score (nSPS) is 12.6. The highest BCUT2D eigenvalue weighted by Gasteiger charge is 2.18. The Morgan fingerprint density at radius 2 is 0.588 bits per heavy atom. The number of hydrogen-bond acceptors (Lipinski definition) is 5. The molecule has 2 atom stereocenters. The lowest BCUT2D eigenvalue weighted by atomic mass is 10.0. The first-order valence-electron chi connectivity index (χ1n) is 36.6. The molecular weight excluding hydrogens is 983 g/mol. The largest absolute Gasteiger partial charge is 0.466 e. The van der Waals surface area contributed by atoms with Crippen LogP contribution in [0.5, 0.6) is 0 Å². The van der Waals surface area contributed by atoms with Gasteiger partial charge in [-0.25, -0.2) is 0 Å². The molecule has 0 aliphatic carbocycles. The van der Waals surface area contributed by atoms with Crippen molar-refractivity contribution in [2.75, 3.05) is 13.2 Å². The third-order valence-electron chi connectivity index (χ3n) is 17.2. The molecule has 0 saturated carbocycles. The van der Waals surface area contributed by atoms with Crippen molar-refractivity contribution in [3.63, 3.8) is 0 Å². The summed E-state index contributed by atoms with van der Waals surface area (Å²) >= 11 is 0. The van der Waals surface area contributed by atoms with Crippen LogP contribution in [-0.2, 0) is 14.3 Å². The van der Waals surface area contributed by atoms with Crippen LogP contribution in [0.25, 0.3) is 0 Å². The molecule has 80 heavy (non-hydrogen) atoms. The number of carbonyl (C=O) groups is 2. The van der Waals surface area contributed by atoms with Crippen LogP contribution < -0.4 is 5.32 Å². The molecule has 0 aromatic carbocycles. The smallest absolute Gasteiger partial charge is 0.305 e. The Kier molecular flexibility index (Phi) is 68.4. The molecule has 6 nitrogen and oxygen atoms in total. The minimum Gasteiger partial charge on any atom is -0.466 e. The first-order chi connectivity index (χ1) is 39.5. The summed E-state index contributed by atoms with van der Waals surface area (Å²) in [6.45, 7) is 4.94. The zero-order chi connectivity index (χ0) is 57.8. The number of carbonyl (C=O) groups excluding carboxylic acids is 2. The topological polar surface area (TPSA) is 95.9 Å². The summed E-state index contributed by atoms with van der Waals surface area (Å²) in [5.74, 6) is -0.0520. The fourth-order valence-electron chi connectivity index (χ4n) is 11.6. The van der Waals surface area contributed by atoms with Crippen LogP contribution in [0.1, 0.15) is 412 Å². The molecule has 0 bridgehead atoms. The van der Waals surface area contributed by atoms with Gasteiger partial charge in [-0.15, -0.1) is 0 Å². The van der Waals surface area contributed by atoms with E-state index in [9.17, 15) is 19.8 Å². The number of amides is 1. The monoisotopic (exact) mass is 1130 g/mol. The van der Waals surface area contributed by atoms with E-state index in [0.717, 1.165) is 44.9 Å². The minimum absolute atomic E-state index is 0.00916. The Bertz CT molecular complexity index is 1250. The number of hydrogen-bond donors (Lipinski definition) is 3. The molecule has 0 fully saturated rings. The Morgan fingerprint density at radius 1 is 0.338 bits per heavy atom. The molecule has 0 saturated heterocycles. The van der Waals surface area contributed by atoms with Gasteiger partial charge in [0.15, 0.2) is 0 Å². The summed E-state index contributed by atoms with van der Waals surface area (Å²) in [6, 6.07) is -0.627. The van der Waals surface area contributed by atoms with Gasteiger partial charge in [-0.2, -0.15) is 0 Å². The molecule has 3 N–H and O–H groups in total. The van der Waals surface area contributed by atoms with Crippen molar-refractivity contribution in [1.82, 2.24) is 5.32 Å². The van der Waals surface area contributed by atoms with Gasteiger partial charge in [0.2, 0.25) is 5.91 Å². The number of rotatable bonds is 69. The summed E-state index contributed by atoms with van der Waals surface area (Å²) in [6.07, 6.45) is 88.4. The predicted octanol–water partition coefficient (Wildman–Crippen LogP) is 23.7. The molecule has 6 heteroatoms. The van der Waals surface area contributed by atoms with Crippen molar-refractivity contribution in [2.24, 2.45) is 0 Å². The number of ether oxygens (including phenoxy) is 1. The zero-order valence-corrected chi connectivity index (χ0v) is 54.3. The van der Waals surface area contributed by atoms with Gasteiger partial charge in [0.1, 0.15) is 0 Å². The van der Waals surface area contributed by atoms with E-state index in [1.165, 1.54) is 340 Å². The highest BCUT2D eigenvalue weighted by Crippen LogP contribution is 2.19. The minimum atomic E-state index is -0.844. The van der Waals surface area contributed by atoms with E-state index in [1.807, 2.05) is 6.08 Å². The third kappa shape index (κ3) is 65.5. The summed E-state index contributed by atoms with van der Waals surface area (Å²) < 4.78 is 5.49. The summed E-state index contributed by atoms with van der Waals surface area (Å²) in [5.41, 5.74) is 0. The van der Waals surface area contributed by atoms with Crippen LogP contribution in [0.4, 0.5) is 0 Å². The molecule has 0 aliphatic rings. The van der Waals surface area contributed by atoms with Gasteiger partial charge in [0.25, 0.3) is 0 Å². The number of aliphatic hydroxyl groups is 2. The van der Waals surface area contributed by atoms with Gasteiger partial charge >= 0.3 is 5.97 Å². The van der Waals surface area contributed by atoms with E-state index < -0.39 is 12.1 Å². The molecule has 0 aromatic rings. The maximum atomic E-state index is 12.5. The second-order valence-corrected chi connectivity index (χ2v) is 25.3. The fourth-order valence-corrected chi connectivity index (χ4v) is 11.6. The molecule has 0 spiro atoms. The molecule has 0 aromatic heterocycles. The zero-order valence-electron chi connectivity index (χ0n) is 54.3. The van der Waals surface area contributed by atoms with Crippen LogP contribution in [0.2, 0.25) is 0 Å².